The number of nitrogens with one attached hydrogen (secondary N) is 1. The minimum Gasteiger partial charge on any atom is -0.390 e. The Morgan fingerprint density at radius 1 is 1.55 bits per heavy atom. The second-order valence-electron chi connectivity index (χ2n) is 5.81. The van der Waals surface area contributed by atoms with Crippen molar-refractivity contribution in [3.63, 3.8) is 0 Å². The van der Waals surface area contributed by atoms with Crippen LogP contribution < -0.4 is 5.32 Å². The number of anilines is 1. The van der Waals surface area contributed by atoms with Crippen LogP contribution in [0.25, 0.3) is 0 Å². The molecule has 6 heteroatoms. The third kappa shape index (κ3) is 4.61. The predicted octanol–water partition coefficient (Wildman–Crippen LogP) is 1.55. The number of amides is 1. The van der Waals surface area contributed by atoms with Crippen molar-refractivity contribution < 1.29 is 14.4 Å². The standard InChI is InChI=1S/C14H23N3O3/c1-11-10-12(16-20-11)15-13(18)4-8-17-7-3-5-14(2,19)6-9-17/h10,19H,3-9H2,1-2H3,(H,15,16,18). The molecule has 2 heterocycles. The predicted molar refractivity (Wildman–Crippen MR) is 75.4 cm³/mol. The summed E-state index contributed by atoms with van der Waals surface area (Å²) >= 11 is 0. The number of hydrogen-bond donors (Lipinski definition) is 2. The Hall–Kier alpha value is -1.40. The lowest BCUT2D eigenvalue weighted by Gasteiger charge is -2.22. The summed E-state index contributed by atoms with van der Waals surface area (Å²) in [5.74, 6) is 1.08. The van der Waals surface area contributed by atoms with Gasteiger partial charge in [-0.05, 0) is 39.7 Å². The van der Waals surface area contributed by atoms with Gasteiger partial charge in [-0.2, -0.15) is 0 Å². The van der Waals surface area contributed by atoms with Crippen LogP contribution in [-0.2, 0) is 4.79 Å². The molecule has 20 heavy (non-hydrogen) atoms. The summed E-state index contributed by atoms with van der Waals surface area (Å²) in [5, 5.41) is 16.5. The molecule has 6 nitrogen and oxygen atoms in total. The number of carbonyl (C=O) groups is 1. The lowest BCUT2D eigenvalue weighted by atomic mass is 9.98. The summed E-state index contributed by atoms with van der Waals surface area (Å²) in [7, 11) is 0. The van der Waals surface area contributed by atoms with E-state index in [1.807, 2.05) is 6.92 Å². The Bertz CT molecular complexity index is 456. The third-order valence-electron chi connectivity index (χ3n) is 3.71. The Morgan fingerprint density at radius 3 is 3.05 bits per heavy atom. The highest BCUT2D eigenvalue weighted by atomic mass is 16.5. The fourth-order valence-corrected chi connectivity index (χ4v) is 2.43. The highest BCUT2D eigenvalue weighted by Gasteiger charge is 2.24. The van der Waals surface area contributed by atoms with Crippen molar-refractivity contribution in [3.05, 3.63) is 11.8 Å². The fraction of sp³-hybridized carbons (Fsp3) is 0.714. The van der Waals surface area contributed by atoms with Crippen molar-refractivity contribution in [3.8, 4) is 0 Å². The summed E-state index contributed by atoms with van der Waals surface area (Å²) in [5.41, 5.74) is -0.560. The maximum atomic E-state index is 11.8. The zero-order chi connectivity index (χ0) is 14.6. The van der Waals surface area contributed by atoms with E-state index in [0.29, 0.717) is 24.5 Å². The van der Waals surface area contributed by atoms with Gasteiger partial charge >= 0.3 is 0 Å². The van der Waals surface area contributed by atoms with Gasteiger partial charge in [0.25, 0.3) is 0 Å². The molecule has 0 saturated carbocycles. The molecule has 1 saturated heterocycles. The van der Waals surface area contributed by atoms with Crippen molar-refractivity contribution in [2.24, 2.45) is 0 Å². The van der Waals surface area contributed by atoms with Gasteiger partial charge in [0.05, 0.1) is 5.60 Å². The largest absolute Gasteiger partial charge is 0.390 e. The zero-order valence-electron chi connectivity index (χ0n) is 12.2. The second kappa shape index (κ2) is 6.37. The van der Waals surface area contributed by atoms with Crippen LogP contribution >= 0.6 is 0 Å². The van der Waals surface area contributed by atoms with Gasteiger partial charge in [-0.15, -0.1) is 0 Å². The summed E-state index contributed by atoms with van der Waals surface area (Å²) in [6.07, 6.45) is 2.98. The van der Waals surface area contributed by atoms with Gasteiger partial charge in [0.15, 0.2) is 5.82 Å². The van der Waals surface area contributed by atoms with E-state index >= 15 is 0 Å². The number of aromatic nitrogens is 1. The number of hydrogen-bond acceptors (Lipinski definition) is 5. The van der Waals surface area contributed by atoms with Crippen LogP contribution in [0.4, 0.5) is 5.82 Å². The van der Waals surface area contributed by atoms with E-state index < -0.39 is 5.60 Å². The average Bonchev–Trinajstić information content (AvgIpc) is 2.68. The summed E-state index contributed by atoms with van der Waals surface area (Å²) < 4.78 is 4.90. The van der Waals surface area contributed by atoms with Crippen LogP contribution in [-0.4, -0.2) is 46.3 Å². The number of rotatable bonds is 4. The van der Waals surface area contributed by atoms with Gasteiger partial charge < -0.3 is 19.8 Å². The Morgan fingerprint density at radius 2 is 2.35 bits per heavy atom. The molecule has 0 spiro atoms. The SMILES string of the molecule is Cc1cc(NC(=O)CCN2CCCC(C)(O)CC2)no1. The first-order valence-corrected chi connectivity index (χ1v) is 7.12. The molecule has 1 unspecified atom stereocenters. The van der Waals surface area contributed by atoms with Crippen molar-refractivity contribution in [1.82, 2.24) is 10.1 Å². The van der Waals surface area contributed by atoms with Crippen LogP contribution in [0.5, 0.6) is 0 Å². The molecule has 1 amide bonds. The van der Waals surface area contributed by atoms with Gasteiger partial charge in [0, 0.05) is 25.6 Å². The number of aliphatic hydroxyl groups is 1. The molecule has 0 aliphatic carbocycles. The highest BCUT2D eigenvalue weighted by Crippen LogP contribution is 2.21. The molecule has 0 bridgehead atoms. The molecule has 0 radical (unpaired) electrons. The molecular formula is C14H23N3O3. The Balaban J connectivity index is 1.73. The fourth-order valence-electron chi connectivity index (χ4n) is 2.43. The molecule has 1 atom stereocenters. The van der Waals surface area contributed by atoms with Crippen LogP contribution in [0.1, 0.15) is 38.4 Å². The normalized spacial score (nSPS) is 24.4. The van der Waals surface area contributed by atoms with Crippen molar-refractivity contribution in [2.45, 2.75) is 45.1 Å². The van der Waals surface area contributed by atoms with Crippen LogP contribution in [0.3, 0.4) is 0 Å². The van der Waals surface area contributed by atoms with E-state index in [4.69, 9.17) is 4.52 Å². The van der Waals surface area contributed by atoms with Crippen LogP contribution in [0, 0.1) is 6.92 Å². The smallest absolute Gasteiger partial charge is 0.226 e. The first-order chi connectivity index (χ1) is 9.44. The van der Waals surface area contributed by atoms with Crippen molar-refractivity contribution >= 4 is 11.7 Å². The van der Waals surface area contributed by atoms with Gasteiger partial charge in [0.1, 0.15) is 5.76 Å². The molecule has 2 rings (SSSR count). The zero-order valence-corrected chi connectivity index (χ0v) is 12.2. The summed E-state index contributed by atoms with van der Waals surface area (Å²) in [6.45, 7) is 6.15. The monoisotopic (exact) mass is 281 g/mol. The molecule has 1 aromatic heterocycles. The minimum atomic E-state index is -0.560. The molecule has 1 aliphatic heterocycles. The maximum Gasteiger partial charge on any atom is 0.226 e. The summed E-state index contributed by atoms with van der Waals surface area (Å²) in [4.78, 5) is 14.0. The van der Waals surface area contributed by atoms with E-state index in [1.54, 1.807) is 13.0 Å². The maximum absolute atomic E-state index is 11.8. The van der Waals surface area contributed by atoms with Gasteiger partial charge in [-0.25, -0.2) is 0 Å². The number of nitrogens with zero attached hydrogens (tertiary/aromatic N) is 2. The lowest BCUT2D eigenvalue weighted by Crippen LogP contribution is -2.31. The molecule has 1 aliphatic rings. The second-order valence-corrected chi connectivity index (χ2v) is 5.81. The topological polar surface area (TPSA) is 78.6 Å². The average molecular weight is 281 g/mol. The van der Waals surface area contributed by atoms with Gasteiger partial charge in [0.2, 0.25) is 5.91 Å². The quantitative estimate of drug-likeness (QED) is 0.875. The highest BCUT2D eigenvalue weighted by molar-refractivity contribution is 5.89. The lowest BCUT2D eigenvalue weighted by molar-refractivity contribution is -0.116. The molecule has 1 aromatic rings. The van der Waals surface area contributed by atoms with Crippen LogP contribution in [0.15, 0.2) is 10.6 Å². The van der Waals surface area contributed by atoms with E-state index in [1.165, 1.54) is 0 Å². The molecule has 112 valence electrons. The van der Waals surface area contributed by atoms with Crippen LogP contribution in [0.2, 0.25) is 0 Å². The molecule has 2 N–H and O–H groups in total. The van der Waals surface area contributed by atoms with E-state index in [2.05, 4.69) is 15.4 Å². The number of aryl methyl sites for hydroxylation is 1. The molecule has 1 fully saturated rings. The van der Waals surface area contributed by atoms with E-state index in [9.17, 15) is 9.90 Å². The van der Waals surface area contributed by atoms with Crippen molar-refractivity contribution in [1.29, 1.82) is 0 Å². The summed E-state index contributed by atoms with van der Waals surface area (Å²) in [6, 6.07) is 1.70. The first-order valence-electron chi connectivity index (χ1n) is 7.12. The Labute approximate surface area is 119 Å². The van der Waals surface area contributed by atoms with E-state index in [-0.39, 0.29) is 5.91 Å². The van der Waals surface area contributed by atoms with E-state index in [0.717, 1.165) is 32.4 Å². The Kier molecular flexibility index (Phi) is 4.77. The van der Waals surface area contributed by atoms with Gasteiger partial charge in [-0.3, -0.25) is 4.79 Å². The third-order valence-corrected chi connectivity index (χ3v) is 3.71. The number of likely N-dealkylation sites (tertiary alicyclic amines) is 1. The minimum absolute atomic E-state index is 0.0608. The molecule has 0 aromatic carbocycles. The first kappa shape index (κ1) is 15.0. The van der Waals surface area contributed by atoms with Gasteiger partial charge in [-0.1, -0.05) is 5.16 Å². The number of carbonyl (C=O) groups excluding carboxylic acids is 1. The molecular weight excluding hydrogens is 258 g/mol. The van der Waals surface area contributed by atoms with Crippen molar-refractivity contribution in [2.75, 3.05) is 25.0 Å².